The highest BCUT2D eigenvalue weighted by Gasteiger charge is 2.28. The van der Waals surface area contributed by atoms with Gasteiger partial charge in [-0.2, -0.15) is 0 Å². The number of aliphatic hydroxyl groups excluding tert-OH is 1. The monoisotopic (exact) mass is 274 g/mol. The number of amides is 2. The molecule has 2 atom stereocenters. The Morgan fingerprint density at radius 3 is 2.53 bits per heavy atom. The summed E-state index contributed by atoms with van der Waals surface area (Å²) in [6.45, 7) is 0.796. The van der Waals surface area contributed by atoms with Crippen molar-refractivity contribution in [2.24, 2.45) is 5.92 Å². The van der Waals surface area contributed by atoms with E-state index in [0.717, 1.165) is 12.8 Å². The summed E-state index contributed by atoms with van der Waals surface area (Å²) in [5.41, 5.74) is 0. The lowest BCUT2D eigenvalue weighted by molar-refractivity contribution is -0.145. The highest BCUT2D eigenvalue weighted by Crippen LogP contribution is 2.15. The number of rotatable bonds is 5. The third-order valence-electron chi connectivity index (χ3n) is 3.04. The van der Waals surface area contributed by atoms with Gasteiger partial charge in [0.25, 0.3) is 0 Å². The van der Waals surface area contributed by atoms with Gasteiger partial charge in [0, 0.05) is 19.7 Å². The Hall–Kier alpha value is -1.83. The molecule has 1 rings (SSSR count). The van der Waals surface area contributed by atoms with Gasteiger partial charge in [-0.25, -0.2) is 9.59 Å². The van der Waals surface area contributed by atoms with Crippen LogP contribution in [0.1, 0.15) is 19.3 Å². The summed E-state index contributed by atoms with van der Waals surface area (Å²) in [4.78, 5) is 34.6. The standard InChI is InChI=1S/C11H18N2O6/c14-6-7-2-1-3-13(5-7)11(19)12-8(10(17)18)4-9(15)16/h7-8,14H,1-6H2,(H,12,19)(H,15,16)(H,17,18)/t7?,8-/m0/s1. The van der Waals surface area contributed by atoms with E-state index in [9.17, 15) is 14.4 Å². The van der Waals surface area contributed by atoms with Crippen LogP contribution >= 0.6 is 0 Å². The Kier molecular flexibility index (Phi) is 5.56. The smallest absolute Gasteiger partial charge is 0.326 e. The van der Waals surface area contributed by atoms with E-state index in [4.69, 9.17) is 15.3 Å². The molecule has 19 heavy (non-hydrogen) atoms. The third-order valence-corrected chi connectivity index (χ3v) is 3.04. The maximum atomic E-state index is 11.8. The number of carboxylic acids is 2. The van der Waals surface area contributed by atoms with Gasteiger partial charge in [0.05, 0.1) is 6.42 Å². The number of likely N-dealkylation sites (tertiary alicyclic amines) is 1. The van der Waals surface area contributed by atoms with Crippen LogP contribution in [0.15, 0.2) is 0 Å². The van der Waals surface area contributed by atoms with Crippen molar-refractivity contribution >= 4 is 18.0 Å². The van der Waals surface area contributed by atoms with Crippen molar-refractivity contribution in [2.75, 3.05) is 19.7 Å². The summed E-state index contributed by atoms with van der Waals surface area (Å²) in [5.74, 6) is -2.69. The maximum absolute atomic E-state index is 11.8. The first-order chi connectivity index (χ1) is 8.93. The van der Waals surface area contributed by atoms with Gasteiger partial charge in [-0.1, -0.05) is 0 Å². The molecule has 8 heteroatoms. The van der Waals surface area contributed by atoms with Gasteiger partial charge in [-0.05, 0) is 18.8 Å². The summed E-state index contributed by atoms with van der Waals surface area (Å²) in [6.07, 6.45) is 0.880. The van der Waals surface area contributed by atoms with Crippen molar-refractivity contribution < 1.29 is 29.7 Å². The molecule has 0 radical (unpaired) electrons. The molecule has 108 valence electrons. The molecule has 1 saturated heterocycles. The fourth-order valence-electron chi connectivity index (χ4n) is 2.01. The molecule has 0 aromatic carbocycles. The van der Waals surface area contributed by atoms with Gasteiger partial charge in [0.15, 0.2) is 0 Å². The minimum atomic E-state index is -1.44. The van der Waals surface area contributed by atoms with Crippen LogP contribution in [0.3, 0.4) is 0 Å². The number of piperidine rings is 1. The van der Waals surface area contributed by atoms with Crippen molar-refractivity contribution in [2.45, 2.75) is 25.3 Å². The van der Waals surface area contributed by atoms with Crippen LogP contribution in [0.2, 0.25) is 0 Å². The number of nitrogens with zero attached hydrogens (tertiary/aromatic N) is 1. The van der Waals surface area contributed by atoms with Gasteiger partial charge >= 0.3 is 18.0 Å². The van der Waals surface area contributed by atoms with Crippen LogP contribution in [0.5, 0.6) is 0 Å². The first-order valence-corrected chi connectivity index (χ1v) is 6.05. The second kappa shape index (κ2) is 6.93. The van der Waals surface area contributed by atoms with E-state index in [1.807, 2.05) is 0 Å². The molecular formula is C11H18N2O6. The molecule has 8 nitrogen and oxygen atoms in total. The number of carbonyl (C=O) groups excluding carboxylic acids is 1. The Morgan fingerprint density at radius 1 is 1.32 bits per heavy atom. The van der Waals surface area contributed by atoms with E-state index in [0.29, 0.717) is 13.1 Å². The minimum absolute atomic E-state index is 0.0118. The quantitative estimate of drug-likeness (QED) is 0.526. The van der Waals surface area contributed by atoms with Crippen molar-refractivity contribution in [3.63, 3.8) is 0 Å². The summed E-state index contributed by atoms with van der Waals surface area (Å²) < 4.78 is 0. The SMILES string of the molecule is O=C(O)C[C@H](NC(=O)N1CCCC(CO)C1)C(=O)O. The predicted molar refractivity (Wildman–Crippen MR) is 63.6 cm³/mol. The molecule has 1 heterocycles. The number of carbonyl (C=O) groups is 3. The van der Waals surface area contributed by atoms with Crippen LogP contribution < -0.4 is 5.32 Å². The molecule has 1 aliphatic heterocycles. The van der Waals surface area contributed by atoms with Gasteiger partial charge in [0.1, 0.15) is 6.04 Å². The normalized spacial score (nSPS) is 20.7. The molecule has 0 saturated carbocycles. The molecule has 2 amide bonds. The van der Waals surface area contributed by atoms with E-state index < -0.39 is 30.4 Å². The fraction of sp³-hybridized carbons (Fsp3) is 0.727. The Balaban J connectivity index is 2.56. The largest absolute Gasteiger partial charge is 0.481 e. The highest BCUT2D eigenvalue weighted by molar-refractivity contribution is 5.86. The Bertz CT molecular complexity index is 359. The third kappa shape index (κ3) is 4.74. The summed E-state index contributed by atoms with van der Waals surface area (Å²) in [5, 5.41) is 28.6. The maximum Gasteiger partial charge on any atom is 0.326 e. The molecular weight excluding hydrogens is 256 g/mol. The second-order valence-electron chi connectivity index (χ2n) is 4.58. The molecule has 4 N–H and O–H groups in total. The average Bonchev–Trinajstić information content (AvgIpc) is 2.37. The van der Waals surface area contributed by atoms with Gasteiger partial charge in [-0.15, -0.1) is 0 Å². The molecule has 1 unspecified atom stereocenters. The van der Waals surface area contributed by atoms with Crippen LogP contribution in [0.25, 0.3) is 0 Å². The van der Waals surface area contributed by atoms with E-state index in [-0.39, 0.29) is 12.5 Å². The van der Waals surface area contributed by atoms with Crippen LogP contribution in [-0.2, 0) is 9.59 Å². The van der Waals surface area contributed by atoms with Crippen molar-refractivity contribution in [3.05, 3.63) is 0 Å². The summed E-state index contributed by atoms with van der Waals surface area (Å²) >= 11 is 0. The lowest BCUT2D eigenvalue weighted by Gasteiger charge is -2.32. The van der Waals surface area contributed by atoms with Crippen LogP contribution in [-0.4, -0.2) is 63.9 Å². The van der Waals surface area contributed by atoms with E-state index in [1.165, 1.54) is 4.90 Å². The molecule has 1 aliphatic rings. The zero-order valence-electron chi connectivity index (χ0n) is 10.4. The van der Waals surface area contributed by atoms with Crippen molar-refractivity contribution in [1.82, 2.24) is 10.2 Å². The Morgan fingerprint density at radius 2 is 2.00 bits per heavy atom. The van der Waals surface area contributed by atoms with Crippen molar-refractivity contribution in [3.8, 4) is 0 Å². The molecule has 0 spiro atoms. The average molecular weight is 274 g/mol. The summed E-state index contributed by atoms with van der Waals surface area (Å²) in [7, 11) is 0. The number of nitrogens with one attached hydrogen (secondary N) is 1. The van der Waals surface area contributed by atoms with Crippen LogP contribution in [0.4, 0.5) is 4.79 Å². The number of aliphatic hydroxyl groups is 1. The number of aliphatic carboxylic acids is 2. The molecule has 1 fully saturated rings. The van der Waals surface area contributed by atoms with Crippen molar-refractivity contribution in [1.29, 1.82) is 0 Å². The number of hydrogen-bond donors (Lipinski definition) is 4. The summed E-state index contributed by atoms with van der Waals surface area (Å²) in [6, 6.07) is -2.05. The molecule has 0 aromatic heterocycles. The zero-order chi connectivity index (χ0) is 14.4. The lowest BCUT2D eigenvalue weighted by atomic mass is 9.99. The topological polar surface area (TPSA) is 127 Å². The van der Waals surface area contributed by atoms with Gasteiger partial charge in [0.2, 0.25) is 0 Å². The molecule has 0 aliphatic carbocycles. The van der Waals surface area contributed by atoms with E-state index >= 15 is 0 Å². The molecule has 0 bridgehead atoms. The predicted octanol–water partition coefficient (Wildman–Crippen LogP) is -0.672. The number of hydrogen-bond acceptors (Lipinski definition) is 4. The zero-order valence-corrected chi connectivity index (χ0v) is 10.4. The Labute approximate surface area is 110 Å². The van der Waals surface area contributed by atoms with Crippen LogP contribution in [0, 0.1) is 5.92 Å². The van der Waals surface area contributed by atoms with E-state index in [1.54, 1.807) is 0 Å². The highest BCUT2D eigenvalue weighted by atomic mass is 16.4. The first-order valence-electron chi connectivity index (χ1n) is 6.05. The number of carboxylic acid groups (broad SMARTS) is 2. The number of urea groups is 1. The fourth-order valence-corrected chi connectivity index (χ4v) is 2.01. The second-order valence-corrected chi connectivity index (χ2v) is 4.58. The van der Waals surface area contributed by atoms with E-state index in [2.05, 4.69) is 5.32 Å². The minimum Gasteiger partial charge on any atom is -0.481 e. The molecule has 0 aromatic rings. The first kappa shape index (κ1) is 15.2. The van der Waals surface area contributed by atoms with Gasteiger partial charge < -0.3 is 25.5 Å². The lowest BCUT2D eigenvalue weighted by Crippen LogP contribution is -2.51. The van der Waals surface area contributed by atoms with Gasteiger partial charge in [-0.3, -0.25) is 4.79 Å².